The molecule has 3 rings (SSSR count). The van der Waals surface area contributed by atoms with Crippen molar-refractivity contribution in [2.24, 2.45) is 7.05 Å². The van der Waals surface area contributed by atoms with E-state index in [2.05, 4.69) is 54.2 Å². The first-order chi connectivity index (χ1) is 10.2. The second-order valence-corrected chi connectivity index (χ2v) is 5.08. The number of methoxy groups -OCH3 is 1. The fraction of sp³-hybridized carbons (Fsp3) is 0.111. The van der Waals surface area contributed by atoms with Crippen LogP contribution < -0.4 is 10.5 Å². The van der Waals surface area contributed by atoms with Crippen molar-refractivity contribution in [2.75, 3.05) is 12.8 Å². The highest BCUT2D eigenvalue weighted by Gasteiger charge is 2.00. The van der Waals surface area contributed by atoms with Crippen LogP contribution in [0, 0.1) is 0 Å². The van der Waals surface area contributed by atoms with Crippen LogP contribution in [0.15, 0.2) is 48.7 Å². The first-order valence-electron chi connectivity index (χ1n) is 6.84. The minimum absolute atomic E-state index is 0.651. The molecular weight excluding hydrogens is 260 g/mol. The van der Waals surface area contributed by atoms with Crippen molar-refractivity contribution in [1.82, 2.24) is 4.57 Å². The number of benzene rings is 2. The van der Waals surface area contributed by atoms with Crippen molar-refractivity contribution in [3.05, 3.63) is 59.8 Å². The molecule has 0 radical (unpaired) electrons. The first kappa shape index (κ1) is 13.3. The molecule has 106 valence electrons. The molecule has 0 aliphatic heterocycles. The van der Waals surface area contributed by atoms with Crippen LogP contribution in [-0.4, -0.2) is 11.7 Å². The molecule has 0 saturated carbocycles. The van der Waals surface area contributed by atoms with E-state index < -0.39 is 0 Å². The fourth-order valence-electron chi connectivity index (χ4n) is 2.45. The Kier molecular flexibility index (Phi) is 3.40. The molecule has 21 heavy (non-hydrogen) atoms. The third-order valence-electron chi connectivity index (χ3n) is 3.63. The van der Waals surface area contributed by atoms with Crippen molar-refractivity contribution in [3.63, 3.8) is 0 Å². The van der Waals surface area contributed by atoms with Crippen molar-refractivity contribution in [1.29, 1.82) is 0 Å². The Labute approximate surface area is 124 Å². The summed E-state index contributed by atoms with van der Waals surface area (Å²) in [7, 11) is 3.67. The zero-order chi connectivity index (χ0) is 14.8. The van der Waals surface area contributed by atoms with Crippen LogP contribution >= 0.6 is 0 Å². The fourth-order valence-corrected chi connectivity index (χ4v) is 2.45. The normalized spacial score (nSPS) is 11.3. The third-order valence-corrected chi connectivity index (χ3v) is 3.63. The van der Waals surface area contributed by atoms with Gasteiger partial charge in [0.05, 0.1) is 12.8 Å². The predicted octanol–water partition coefficient (Wildman–Crippen LogP) is 3.94. The number of anilines is 1. The van der Waals surface area contributed by atoms with E-state index in [0.29, 0.717) is 11.4 Å². The topological polar surface area (TPSA) is 40.2 Å². The number of fused-ring (bicyclic) bond motifs is 1. The monoisotopic (exact) mass is 278 g/mol. The van der Waals surface area contributed by atoms with Gasteiger partial charge in [0.1, 0.15) is 5.75 Å². The maximum atomic E-state index is 5.92. The molecule has 1 heterocycles. The van der Waals surface area contributed by atoms with Gasteiger partial charge < -0.3 is 15.0 Å². The van der Waals surface area contributed by atoms with E-state index in [4.69, 9.17) is 10.5 Å². The lowest BCUT2D eigenvalue weighted by molar-refractivity contribution is 0.417. The van der Waals surface area contributed by atoms with E-state index >= 15 is 0 Å². The lowest BCUT2D eigenvalue weighted by atomic mass is 10.1. The van der Waals surface area contributed by atoms with Gasteiger partial charge in [-0.1, -0.05) is 24.3 Å². The van der Waals surface area contributed by atoms with E-state index in [-0.39, 0.29) is 0 Å². The maximum absolute atomic E-state index is 5.92. The van der Waals surface area contributed by atoms with Gasteiger partial charge >= 0.3 is 0 Å². The quantitative estimate of drug-likeness (QED) is 0.582. The van der Waals surface area contributed by atoms with E-state index in [9.17, 15) is 0 Å². The molecule has 3 aromatic rings. The Morgan fingerprint density at radius 1 is 1.00 bits per heavy atom. The molecule has 0 aliphatic rings. The maximum Gasteiger partial charge on any atom is 0.141 e. The van der Waals surface area contributed by atoms with Crippen LogP contribution in [0.5, 0.6) is 5.75 Å². The van der Waals surface area contributed by atoms with E-state index in [1.165, 1.54) is 16.5 Å². The van der Waals surface area contributed by atoms with Crippen LogP contribution in [0.1, 0.15) is 11.1 Å². The number of nitrogen functional groups attached to an aromatic ring is 1. The minimum atomic E-state index is 0.651. The highest BCUT2D eigenvalue weighted by Crippen LogP contribution is 2.23. The average Bonchev–Trinajstić information content (AvgIpc) is 2.86. The summed E-state index contributed by atoms with van der Waals surface area (Å²) in [5.41, 5.74) is 10.0. The number of rotatable bonds is 3. The van der Waals surface area contributed by atoms with Crippen molar-refractivity contribution >= 4 is 28.7 Å². The molecule has 1 aromatic heterocycles. The molecule has 2 N–H and O–H groups in total. The lowest BCUT2D eigenvalue weighted by Crippen LogP contribution is -1.92. The van der Waals surface area contributed by atoms with Gasteiger partial charge in [-0.2, -0.15) is 0 Å². The van der Waals surface area contributed by atoms with E-state index in [1.807, 2.05) is 18.2 Å². The SMILES string of the molecule is COc1ccc(/C=C\c2ccc3c(ccn3C)c2)cc1N. The summed E-state index contributed by atoms with van der Waals surface area (Å²) in [4.78, 5) is 0. The Morgan fingerprint density at radius 3 is 2.43 bits per heavy atom. The van der Waals surface area contributed by atoms with E-state index in [1.54, 1.807) is 7.11 Å². The number of aromatic nitrogens is 1. The van der Waals surface area contributed by atoms with Crippen molar-refractivity contribution in [3.8, 4) is 5.75 Å². The summed E-state index contributed by atoms with van der Waals surface area (Å²) in [5.74, 6) is 0.706. The molecule has 0 atom stereocenters. The number of aryl methyl sites for hydroxylation is 1. The second kappa shape index (κ2) is 5.37. The van der Waals surface area contributed by atoms with Gasteiger partial charge in [-0.15, -0.1) is 0 Å². The molecule has 0 unspecified atom stereocenters. The molecule has 0 aliphatic carbocycles. The van der Waals surface area contributed by atoms with Gasteiger partial charge in [-0.05, 0) is 41.5 Å². The smallest absolute Gasteiger partial charge is 0.141 e. The highest BCUT2D eigenvalue weighted by atomic mass is 16.5. The standard InChI is InChI=1S/C18H18N2O/c1-20-10-9-15-11-13(5-7-17(15)20)3-4-14-6-8-18(21-2)16(19)12-14/h3-12H,19H2,1-2H3/b4-3-. The number of hydrogen-bond acceptors (Lipinski definition) is 2. The van der Waals surface area contributed by atoms with Gasteiger partial charge in [-0.3, -0.25) is 0 Å². The number of nitrogens with two attached hydrogens (primary N) is 1. The largest absolute Gasteiger partial charge is 0.495 e. The molecule has 0 saturated heterocycles. The Hall–Kier alpha value is -2.68. The first-order valence-corrected chi connectivity index (χ1v) is 6.84. The van der Waals surface area contributed by atoms with Crippen molar-refractivity contribution in [2.45, 2.75) is 0 Å². The summed E-state index contributed by atoms with van der Waals surface area (Å²) in [5, 5.41) is 1.24. The Balaban J connectivity index is 1.88. The molecule has 0 bridgehead atoms. The summed E-state index contributed by atoms with van der Waals surface area (Å²) < 4.78 is 7.28. The Morgan fingerprint density at radius 2 is 1.71 bits per heavy atom. The predicted molar refractivity (Wildman–Crippen MR) is 89.3 cm³/mol. The zero-order valence-electron chi connectivity index (χ0n) is 12.2. The van der Waals surface area contributed by atoms with Gasteiger partial charge in [0, 0.05) is 24.1 Å². The molecule has 3 heteroatoms. The molecule has 2 aromatic carbocycles. The summed E-state index contributed by atoms with van der Waals surface area (Å²) in [6, 6.07) is 14.3. The van der Waals surface area contributed by atoms with Crippen LogP contribution in [0.2, 0.25) is 0 Å². The van der Waals surface area contributed by atoms with Crippen LogP contribution in [-0.2, 0) is 7.05 Å². The van der Waals surface area contributed by atoms with E-state index in [0.717, 1.165) is 5.56 Å². The van der Waals surface area contributed by atoms with Crippen LogP contribution in [0.4, 0.5) is 5.69 Å². The third kappa shape index (κ3) is 2.63. The van der Waals surface area contributed by atoms with Gasteiger partial charge in [0.25, 0.3) is 0 Å². The van der Waals surface area contributed by atoms with Gasteiger partial charge in [0.15, 0.2) is 0 Å². The molecular formula is C18H18N2O. The number of hydrogen-bond donors (Lipinski definition) is 1. The highest BCUT2D eigenvalue weighted by molar-refractivity contribution is 5.84. The summed E-state index contributed by atoms with van der Waals surface area (Å²) in [6.45, 7) is 0. The molecule has 0 amide bonds. The minimum Gasteiger partial charge on any atom is -0.495 e. The molecule has 0 fully saturated rings. The summed E-state index contributed by atoms with van der Waals surface area (Å²) >= 11 is 0. The number of nitrogens with zero attached hydrogens (tertiary/aromatic N) is 1. The average molecular weight is 278 g/mol. The lowest BCUT2D eigenvalue weighted by Gasteiger charge is -2.04. The molecule has 0 spiro atoms. The Bertz CT molecular complexity index is 815. The second-order valence-electron chi connectivity index (χ2n) is 5.08. The zero-order valence-corrected chi connectivity index (χ0v) is 12.2. The molecule has 3 nitrogen and oxygen atoms in total. The van der Waals surface area contributed by atoms with Gasteiger partial charge in [-0.25, -0.2) is 0 Å². The van der Waals surface area contributed by atoms with Crippen molar-refractivity contribution < 1.29 is 4.74 Å². The summed E-state index contributed by atoms with van der Waals surface area (Å²) in [6.07, 6.45) is 6.22. The van der Waals surface area contributed by atoms with Crippen LogP contribution in [0.3, 0.4) is 0 Å². The number of ether oxygens (including phenoxy) is 1. The van der Waals surface area contributed by atoms with Gasteiger partial charge in [0.2, 0.25) is 0 Å². The van der Waals surface area contributed by atoms with Crippen LogP contribution in [0.25, 0.3) is 23.1 Å².